The molecule has 3 heterocycles. The largest absolute Gasteiger partial charge is 0.508 e. The van der Waals surface area contributed by atoms with Crippen molar-refractivity contribution in [2.45, 2.75) is 44.2 Å². The number of ether oxygens (including phenoxy) is 1. The monoisotopic (exact) mass is 316 g/mol. The lowest BCUT2D eigenvalue weighted by atomic mass is 9.84. The Labute approximate surface area is 136 Å². The van der Waals surface area contributed by atoms with E-state index in [4.69, 9.17) is 4.74 Å². The SMILES string of the molecule is CC1CCN([C@@]23Oc4ccc(O)cc4[C@H]2CCCNC3=O)CC1. The van der Waals surface area contributed by atoms with E-state index in [2.05, 4.69) is 17.1 Å². The molecule has 0 aliphatic carbocycles. The normalized spacial score (nSPS) is 31.7. The molecule has 0 saturated carbocycles. The maximum Gasteiger partial charge on any atom is 0.280 e. The molecule has 0 unspecified atom stereocenters. The number of fused-ring (bicyclic) bond motifs is 3. The zero-order chi connectivity index (χ0) is 16.0. The van der Waals surface area contributed by atoms with E-state index >= 15 is 0 Å². The van der Waals surface area contributed by atoms with E-state index in [-0.39, 0.29) is 17.6 Å². The van der Waals surface area contributed by atoms with Gasteiger partial charge in [-0.15, -0.1) is 0 Å². The predicted molar refractivity (Wildman–Crippen MR) is 86.4 cm³/mol. The van der Waals surface area contributed by atoms with Crippen molar-refractivity contribution in [3.8, 4) is 11.5 Å². The van der Waals surface area contributed by atoms with Crippen molar-refractivity contribution >= 4 is 5.91 Å². The molecule has 2 saturated heterocycles. The fourth-order valence-electron chi connectivity index (χ4n) is 4.31. The van der Waals surface area contributed by atoms with Crippen molar-refractivity contribution in [1.29, 1.82) is 0 Å². The van der Waals surface area contributed by atoms with Gasteiger partial charge in [-0.25, -0.2) is 0 Å². The second-order valence-electron chi connectivity index (χ2n) is 7.14. The molecule has 0 spiro atoms. The second kappa shape index (κ2) is 5.41. The van der Waals surface area contributed by atoms with Crippen LogP contribution < -0.4 is 10.1 Å². The molecule has 3 aliphatic rings. The van der Waals surface area contributed by atoms with Gasteiger partial charge in [0.25, 0.3) is 5.91 Å². The van der Waals surface area contributed by atoms with Gasteiger partial charge >= 0.3 is 0 Å². The molecular weight excluding hydrogens is 292 g/mol. The molecule has 4 rings (SSSR count). The maximum absolute atomic E-state index is 13.0. The first-order valence-corrected chi connectivity index (χ1v) is 8.66. The van der Waals surface area contributed by atoms with Crippen LogP contribution in [0.15, 0.2) is 18.2 Å². The summed E-state index contributed by atoms with van der Waals surface area (Å²) in [4.78, 5) is 15.2. The Morgan fingerprint density at radius 2 is 2.09 bits per heavy atom. The Hall–Kier alpha value is -1.75. The fraction of sp³-hybridized carbons (Fsp3) is 0.611. The third kappa shape index (κ3) is 2.21. The third-order valence-electron chi connectivity index (χ3n) is 5.64. The number of phenolic OH excluding ortho intramolecular Hbond substituents is 1. The van der Waals surface area contributed by atoms with Crippen molar-refractivity contribution in [2.24, 2.45) is 5.92 Å². The molecular formula is C18H24N2O3. The number of phenols is 1. The van der Waals surface area contributed by atoms with Crippen molar-refractivity contribution < 1.29 is 14.6 Å². The van der Waals surface area contributed by atoms with E-state index in [1.165, 1.54) is 0 Å². The van der Waals surface area contributed by atoms with Gasteiger partial charge in [0.15, 0.2) is 0 Å². The molecule has 0 aromatic heterocycles. The van der Waals surface area contributed by atoms with Gasteiger partial charge < -0.3 is 15.2 Å². The van der Waals surface area contributed by atoms with E-state index in [0.29, 0.717) is 12.5 Å². The third-order valence-corrected chi connectivity index (χ3v) is 5.64. The number of nitrogens with one attached hydrogen (secondary N) is 1. The first-order chi connectivity index (χ1) is 11.1. The lowest BCUT2D eigenvalue weighted by molar-refractivity contribution is -0.160. The molecule has 5 heteroatoms. The summed E-state index contributed by atoms with van der Waals surface area (Å²) in [6, 6.07) is 5.20. The quantitative estimate of drug-likeness (QED) is 0.834. The minimum atomic E-state index is -0.938. The van der Waals surface area contributed by atoms with Crippen LogP contribution in [0.1, 0.15) is 44.1 Å². The highest BCUT2D eigenvalue weighted by molar-refractivity contribution is 5.88. The summed E-state index contributed by atoms with van der Waals surface area (Å²) in [5.74, 6) is 1.64. The molecule has 1 aromatic rings. The van der Waals surface area contributed by atoms with Crippen LogP contribution in [0.2, 0.25) is 0 Å². The average molecular weight is 316 g/mol. The Morgan fingerprint density at radius 1 is 1.30 bits per heavy atom. The van der Waals surface area contributed by atoms with Crippen molar-refractivity contribution in [3.05, 3.63) is 23.8 Å². The summed E-state index contributed by atoms with van der Waals surface area (Å²) < 4.78 is 6.32. The van der Waals surface area contributed by atoms with E-state index in [9.17, 15) is 9.90 Å². The molecule has 1 aromatic carbocycles. The highest BCUT2D eigenvalue weighted by Gasteiger charge is 2.58. The highest BCUT2D eigenvalue weighted by Crippen LogP contribution is 2.51. The molecule has 5 nitrogen and oxygen atoms in total. The number of hydrogen-bond donors (Lipinski definition) is 2. The van der Waals surface area contributed by atoms with Crippen molar-refractivity contribution in [3.63, 3.8) is 0 Å². The topological polar surface area (TPSA) is 61.8 Å². The highest BCUT2D eigenvalue weighted by atomic mass is 16.5. The van der Waals surface area contributed by atoms with E-state index in [0.717, 1.165) is 50.1 Å². The van der Waals surface area contributed by atoms with E-state index in [1.807, 2.05) is 0 Å². The number of benzene rings is 1. The van der Waals surface area contributed by atoms with Crippen LogP contribution in [-0.4, -0.2) is 41.3 Å². The predicted octanol–water partition coefficient (Wildman–Crippen LogP) is 2.21. The summed E-state index contributed by atoms with van der Waals surface area (Å²) in [6.45, 7) is 4.72. The Kier molecular flexibility index (Phi) is 3.48. The second-order valence-corrected chi connectivity index (χ2v) is 7.14. The first-order valence-electron chi connectivity index (χ1n) is 8.66. The number of aromatic hydroxyl groups is 1. The van der Waals surface area contributed by atoms with Gasteiger partial charge in [0, 0.05) is 25.2 Å². The van der Waals surface area contributed by atoms with E-state index in [1.54, 1.807) is 18.2 Å². The minimum absolute atomic E-state index is 0.0134. The Balaban J connectivity index is 1.78. The number of carbonyl (C=O) groups excluding carboxylic acids is 1. The number of rotatable bonds is 1. The van der Waals surface area contributed by atoms with Crippen LogP contribution >= 0.6 is 0 Å². The lowest BCUT2D eigenvalue weighted by Crippen LogP contribution is -2.64. The Morgan fingerprint density at radius 3 is 2.87 bits per heavy atom. The summed E-state index contributed by atoms with van der Waals surface area (Å²) in [7, 11) is 0. The summed E-state index contributed by atoms with van der Waals surface area (Å²) in [5, 5.41) is 12.9. The summed E-state index contributed by atoms with van der Waals surface area (Å²) in [5.41, 5.74) is 0.0351. The molecule has 2 fully saturated rings. The van der Waals surface area contributed by atoms with Gasteiger partial charge in [0.1, 0.15) is 11.5 Å². The summed E-state index contributed by atoms with van der Waals surface area (Å²) in [6.07, 6.45) is 4.00. The molecule has 1 amide bonds. The van der Waals surface area contributed by atoms with Gasteiger partial charge in [0.2, 0.25) is 5.72 Å². The maximum atomic E-state index is 13.0. The zero-order valence-electron chi connectivity index (χ0n) is 13.5. The standard InChI is InChI=1S/C18H24N2O3/c1-12-6-9-20(10-7-12)18-15(3-2-8-19-17(18)22)14-11-13(21)4-5-16(14)23-18/h4-5,11-12,15,21H,2-3,6-10H2,1H3,(H,19,22)/t15-,18-/m1/s1. The molecule has 2 atom stereocenters. The Bertz CT molecular complexity index is 625. The number of nitrogens with zero attached hydrogens (tertiary/aromatic N) is 1. The minimum Gasteiger partial charge on any atom is -0.508 e. The van der Waals surface area contributed by atoms with Crippen LogP contribution in [0.3, 0.4) is 0 Å². The number of piperidine rings is 1. The van der Waals surface area contributed by atoms with Crippen LogP contribution in [0.25, 0.3) is 0 Å². The first kappa shape index (κ1) is 14.8. The van der Waals surface area contributed by atoms with E-state index < -0.39 is 5.72 Å². The zero-order valence-corrected chi connectivity index (χ0v) is 13.5. The molecule has 0 bridgehead atoms. The van der Waals surface area contributed by atoms with Crippen molar-refractivity contribution in [1.82, 2.24) is 10.2 Å². The average Bonchev–Trinajstić information content (AvgIpc) is 2.77. The smallest absolute Gasteiger partial charge is 0.280 e. The van der Waals surface area contributed by atoms with Crippen LogP contribution in [-0.2, 0) is 4.79 Å². The van der Waals surface area contributed by atoms with Crippen LogP contribution in [0.4, 0.5) is 0 Å². The van der Waals surface area contributed by atoms with Crippen LogP contribution in [0.5, 0.6) is 11.5 Å². The lowest BCUT2D eigenvalue weighted by Gasteiger charge is -2.44. The molecule has 3 aliphatic heterocycles. The van der Waals surface area contributed by atoms with Gasteiger partial charge in [-0.05, 0) is 49.8 Å². The number of hydrogen-bond acceptors (Lipinski definition) is 4. The van der Waals surface area contributed by atoms with Gasteiger partial charge in [0.05, 0.1) is 5.92 Å². The van der Waals surface area contributed by atoms with Crippen LogP contribution in [0, 0.1) is 5.92 Å². The molecule has 2 N–H and O–H groups in total. The number of carbonyl (C=O) groups is 1. The van der Waals surface area contributed by atoms with Gasteiger partial charge in [-0.3, -0.25) is 9.69 Å². The van der Waals surface area contributed by atoms with Gasteiger partial charge in [-0.2, -0.15) is 0 Å². The fourth-order valence-corrected chi connectivity index (χ4v) is 4.31. The molecule has 23 heavy (non-hydrogen) atoms. The number of likely N-dealkylation sites (tertiary alicyclic amines) is 1. The molecule has 124 valence electrons. The van der Waals surface area contributed by atoms with Gasteiger partial charge in [-0.1, -0.05) is 6.92 Å². The van der Waals surface area contributed by atoms with Crippen molar-refractivity contribution in [2.75, 3.05) is 19.6 Å². The summed E-state index contributed by atoms with van der Waals surface area (Å²) >= 11 is 0. The molecule has 0 radical (unpaired) electrons. The number of amides is 1.